The lowest BCUT2D eigenvalue weighted by molar-refractivity contribution is 0.373. The molecule has 0 aliphatic carbocycles. The molecular weight excluding hydrogens is 368 g/mol. The lowest BCUT2D eigenvalue weighted by Crippen LogP contribution is -2.21. The lowest BCUT2D eigenvalue weighted by Gasteiger charge is -2.23. The van der Waals surface area contributed by atoms with Crippen LogP contribution in [0.3, 0.4) is 0 Å². The quantitative estimate of drug-likeness (QED) is 0.632. The molecule has 0 fully saturated rings. The molecule has 0 bridgehead atoms. The lowest BCUT2D eigenvalue weighted by atomic mass is 9.85. The molecule has 0 saturated carbocycles. The van der Waals surface area contributed by atoms with Crippen molar-refractivity contribution in [1.82, 2.24) is 10.2 Å². The highest BCUT2D eigenvalue weighted by Crippen LogP contribution is 2.42. The molecule has 28 heavy (non-hydrogen) atoms. The van der Waals surface area contributed by atoms with Crippen LogP contribution in [0.25, 0.3) is 0 Å². The third-order valence-electron chi connectivity index (χ3n) is 4.82. The fourth-order valence-electron chi connectivity index (χ4n) is 3.37. The number of aromatic amines is 1. The summed E-state index contributed by atoms with van der Waals surface area (Å²) < 4.78 is 5.63. The summed E-state index contributed by atoms with van der Waals surface area (Å²) in [6.07, 6.45) is 0.669. The van der Waals surface area contributed by atoms with Gasteiger partial charge in [0.15, 0.2) is 0 Å². The Kier molecular flexibility index (Phi) is 5.09. The van der Waals surface area contributed by atoms with Gasteiger partial charge in [-0.2, -0.15) is 5.26 Å². The molecular formula is C22H20N4OS. The first kappa shape index (κ1) is 18.2. The minimum absolute atomic E-state index is 0.139. The van der Waals surface area contributed by atoms with Gasteiger partial charge >= 0.3 is 0 Å². The molecule has 6 heteroatoms. The Labute approximate surface area is 168 Å². The number of rotatable bonds is 5. The number of aryl methyl sites for hydroxylation is 1. The number of hydrogen-bond donors (Lipinski definition) is 2. The van der Waals surface area contributed by atoms with Crippen LogP contribution in [0.5, 0.6) is 5.88 Å². The predicted molar refractivity (Wildman–Crippen MR) is 110 cm³/mol. The Morgan fingerprint density at radius 2 is 1.93 bits per heavy atom. The second-order valence-electron chi connectivity index (χ2n) is 6.76. The van der Waals surface area contributed by atoms with Gasteiger partial charge in [-0.25, -0.2) is 0 Å². The molecule has 0 unspecified atom stereocenters. The van der Waals surface area contributed by atoms with Crippen LogP contribution >= 0.6 is 11.8 Å². The molecule has 1 aliphatic heterocycles. The second kappa shape index (κ2) is 7.83. The van der Waals surface area contributed by atoms with Crippen LogP contribution in [0.4, 0.5) is 0 Å². The number of nitriles is 1. The Hall–Kier alpha value is -3.17. The molecule has 1 aromatic heterocycles. The van der Waals surface area contributed by atoms with E-state index in [-0.39, 0.29) is 11.8 Å². The third-order valence-corrected chi connectivity index (χ3v) is 5.86. The molecule has 2 aromatic carbocycles. The fraction of sp³-hybridized carbons (Fsp3) is 0.182. The van der Waals surface area contributed by atoms with Crippen molar-refractivity contribution in [1.29, 1.82) is 5.26 Å². The number of ether oxygens (including phenoxy) is 1. The van der Waals surface area contributed by atoms with Crippen molar-refractivity contribution < 1.29 is 4.74 Å². The van der Waals surface area contributed by atoms with Gasteiger partial charge in [0.2, 0.25) is 11.8 Å². The average molecular weight is 388 g/mol. The highest BCUT2D eigenvalue weighted by Gasteiger charge is 2.34. The van der Waals surface area contributed by atoms with Crippen molar-refractivity contribution in [2.24, 2.45) is 5.73 Å². The molecule has 1 aliphatic rings. The minimum Gasteiger partial charge on any atom is -0.420 e. The normalized spacial score (nSPS) is 15.6. The first-order valence-corrected chi connectivity index (χ1v) is 10.0. The zero-order chi connectivity index (χ0) is 19.5. The Morgan fingerprint density at radius 3 is 2.64 bits per heavy atom. The standard InChI is InChI=1S/C22H20N4OS/c1-14-7-9-16(10-8-14)28-13-19-20-17(11-15-5-3-2-4-6-15)18(12-23)21(24)27-22(20)26-25-19/h2-10,17H,11,13,24H2,1H3,(H,25,26)/t17-/m1/s1. The van der Waals surface area contributed by atoms with Gasteiger partial charge in [-0.1, -0.05) is 48.0 Å². The Morgan fingerprint density at radius 1 is 1.18 bits per heavy atom. The van der Waals surface area contributed by atoms with Gasteiger partial charge in [0.25, 0.3) is 0 Å². The first-order valence-electron chi connectivity index (χ1n) is 9.04. The van der Waals surface area contributed by atoms with Crippen LogP contribution < -0.4 is 10.5 Å². The SMILES string of the molecule is Cc1ccc(SCc2[nH]nc3c2[C@H](Cc2ccccc2)C(C#N)=C(N)O3)cc1. The van der Waals surface area contributed by atoms with Crippen LogP contribution in [0.15, 0.2) is 70.9 Å². The summed E-state index contributed by atoms with van der Waals surface area (Å²) in [4.78, 5) is 1.18. The van der Waals surface area contributed by atoms with Gasteiger partial charge in [-0.05, 0) is 31.0 Å². The summed E-state index contributed by atoms with van der Waals surface area (Å²) in [5, 5.41) is 17.1. The van der Waals surface area contributed by atoms with E-state index in [2.05, 4.69) is 59.6 Å². The van der Waals surface area contributed by atoms with Crippen LogP contribution in [-0.4, -0.2) is 10.2 Å². The van der Waals surface area contributed by atoms with Crippen molar-refractivity contribution >= 4 is 11.8 Å². The number of fused-ring (bicyclic) bond motifs is 1. The summed E-state index contributed by atoms with van der Waals surface area (Å²) in [6, 6.07) is 20.8. The van der Waals surface area contributed by atoms with E-state index in [1.54, 1.807) is 11.8 Å². The van der Waals surface area contributed by atoms with Crippen LogP contribution in [0.2, 0.25) is 0 Å². The minimum atomic E-state index is -0.177. The smallest absolute Gasteiger partial charge is 0.243 e. The molecule has 3 N–H and O–H groups in total. The number of nitrogens with two attached hydrogens (primary N) is 1. The highest BCUT2D eigenvalue weighted by atomic mass is 32.2. The van der Waals surface area contributed by atoms with E-state index in [0.717, 1.165) is 16.8 Å². The number of allylic oxidation sites excluding steroid dienone is 1. The van der Waals surface area contributed by atoms with Crippen LogP contribution in [-0.2, 0) is 12.2 Å². The number of hydrogen-bond acceptors (Lipinski definition) is 5. The largest absolute Gasteiger partial charge is 0.420 e. The second-order valence-corrected chi connectivity index (χ2v) is 7.81. The van der Waals surface area contributed by atoms with Crippen molar-refractivity contribution in [3.8, 4) is 11.9 Å². The fourth-order valence-corrected chi connectivity index (χ4v) is 4.23. The predicted octanol–water partition coefficient (Wildman–Crippen LogP) is 4.42. The molecule has 4 rings (SSSR count). The maximum Gasteiger partial charge on any atom is 0.243 e. The molecule has 1 atom stereocenters. The van der Waals surface area contributed by atoms with E-state index < -0.39 is 0 Å². The topological polar surface area (TPSA) is 87.7 Å². The highest BCUT2D eigenvalue weighted by molar-refractivity contribution is 7.98. The summed E-state index contributed by atoms with van der Waals surface area (Å²) in [5.74, 6) is 1.14. The molecule has 0 saturated heterocycles. The van der Waals surface area contributed by atoms with Gasteiger partial charge in [0, 0.05) is 22.1 Å². The van der Waals surface area contributed by atoms with Crippen molar-refractivity contribution in [3.63, 3.8) is 0 Å². The van der Waals surface area contributed by atoms with E-state index in [1.165, 1.54) is 10.5 Å². The van der Waals surface area contributed by atoms with E-state index in [9.17, 15) is 5.26 Å². The van der Waals surface area contributed by atoms with Gasteiger partial charge in [0.1, 0.15) is 6.07 Å². The zero-order valence-corrected chi connectivity index (χ0v) is 16.3. The summed E-state index contributed by atoms with van der Waals surface area (Å²) >= 11 is 1.72. The summed E-state index contributed by atoms with van der Waals surface area (Å²) in [5.41, 5.74) is 10.7. The number of nitrogens with zero attached hydrogens (tertiary/aromatic N) is 2. The van der Waals surface area contributed by atoms with Crippen molar-refractivity contribution in [2.45, 2.75) is 29.9 Å². The van der Waals surface area contributed by atoms with E-state index in [1.807, 2.05) is 18.2 Å². The van der Waals surface area contributed by atoms with E-state index in [0.29, 0.717) is 23.6 Å². The van der Waals surface area contributed by atoms with Crippen molar-refractivity contribution in [2.75, 3.05) is 0 Å². The average Bonchev–Trinajstić information content (AvgIpc) is 3.11. The number of thioether (sulfide) groups is 1. The zero-order valence-electron chi connectivity index (χ0n) is 15.5. The third kappa shape index (κ3) is 3.62. The number of nitrogens with one attached hydrogen (secondary N) is 1. The van der Waals surface area contributed by atoms with Gasteiger partial charge in [-0.15, -0.1) is 16.9 Å². The molecule has 0 amide bonds. The number of aromatic nitrogens is 2. The van der Waals surface area contributed by atoms with Crippen LogP contribution in [0, 0.1) is 18.3 Å². The summed E-state index contributed by atoms with van der Waals surface area (Å²) in [7, 11) is 0. The maximum atomic E-state index is 9.69. The van der Waals surface area contributed by atoms with Crippen molar-refractivity contribution in [3.05, 3.63) is 88.4 Å². The van der Waals surface area contributed by atoms with Gasteiger partial charge < -0.3 is 10.5 Å². The van der Waals surface area contributed by atoms with E-state index >= 15 is 0 Å². The molecule has 0 radical (unpaired) electrons. The van der Waals surface area contributed by atoms with Gasteiger partial charge in [-0.3, -0.25) is 5.10 Å². The molecule has 140 valence electrons. The summed E-state index contributed by atoms with van der Waals surface area (Å²) in [6.45, 7) is 2.07. The van der Waals surface area contributed by atoms with E-state index in [4.69, 9.17) is 10.5 Å². The maximum absolute atomic E-state index is 9.69. The molecule has 2 heterocycles. The number of H-pyrrole nitrogens is 1. The number of benzene rings is 2. The van der Waals surface area contributed by atoms with Gasteiger partial charge in [0.05, 0.1) is 11.3 Å². The monoisotopic (exact) mass is 388 g/mol. The molecule has 5 nitrogen and oxygen atoms in total. The van der Waals surface area contributed by atoms with Crippen LogP contribution in [0.1, 0.15) is 28.3 Å². The Bertz CT molecular complexity index is 1050. The molecule has 3 aromatic rings. The molecule has 0 spiro atoms. The Balaban J connectivity index is 1.64. The first-order chi connectivity index (χ1) is 13.7.